The van der Waals surface area contributed by atoms with Gasteiger partial charge in [0.1, 0.15) is 0 Å². The molecule has 0 unspecified atom stereocenters. The number of unbranched alkanes of at least 4 members (excludes halogenated alkanes) is 1. The van der Waals surface area contributed by atoms with E-state index in [1.54, 1.807) is 6.92 Å². The molecule has 0 aromatic carbocycles. The van der Waals surface area contributed by atoms with Crippen LogP contribution in [0.25, 0.3) is 0 Å². The zero-order chi connectivity index (χ0) is 10.1. The summed E-state index contributed by atoms with van der Waals surface area (Å²) in [5.74, 6) is -0.335. The molecule has 0 bridgehead atoms. The Morgan fingerprint density at radius 1 is 1.62 bits per heavy atom. The zero-order valence-electron chi connectivity index (χ0n) is 7.71. The lowest BCUT2D eigenvalue weighted by molar-refractivity contribution is -0.139. The van der Waals surface area contributed by atoms with E-state index in [4.69, 9.17) is 4.74 Å². The molecule has 3 nitrogen and oxygen atoms in total. The minimum absolute atomic E-state index is 0.335. The van der Waals surface area contributed by atoms with Gasteiger partial charge in [0.15, 0.2) is 0 Å². The van der Waals surface area contributed by atoms with Gasteiger partial charge in [0.05, 0.1) is 11.8 Å². The van der Waals surface area contributed by atoms with E-state index in [0.29, 0.717) is 18.7 Å². The summed E-state index contributed by atoms with van der Waals surface area (Å²) in [6.07, 6.45) is 1.65. The van der Waals surface area contributed by atoms with E-state index >= 15 is 0 Å². The number of hydrogen-bond acceptors (Lipinski definition) is 4. The second-order valence-electron chi connectivity index (χ2n) is 2.60. The van der Waals surface area contributed by atoms with Gasteiger partial charge in [0.25, 0.3) is 0 Å². The Labute approximate surface area is 83.5 Å². The van der Waals surface area contributed by atoms with Gasteiger partial charge in [-0.15, -0.1) is 0 Å². The van der Waals surface area contributed by atoms with Crippen molar-refractivity contribution < 1.29 is 9.53 Å². The van der Waals surface area contributed by atoms with Crippen molar-refractivity contribution in [3.8, 4) is 0 Å². The zero-order valence-corrected chi connectivity index (χ0v) is 8.52. The van der Waals surface area contributed by atoms with Crippen molar-refractivity contribution in [3.05, 3.63) is 12.2 Å². The molecule has 0 radical (unpaired) electrons. The van der Waals surface area contributed by atoms with Crippen molar-refractivity contribution in [2.24, 2.45) is 4.99 Å². The Bertz CT molecular complexity index is 232. The Balaban J connectivity index is 3.30. The first-order valence-electron chi connectivity index (χ1n) is 4.04. The van der Waals surface area contributed by atoms with Gasteiger partial charge in [-0.3, -0.25) is 0 Å². The maximum atomic E-state index is 10.9. The summed E-state index contributed by atoms with van der Waals surface area (Å²) in [5.41, 5.74) is 0.428. The molecule has 0 spiro atoms. The van der Waals surface area contributed by atoms with Crippen molar-refractivity contribution in [1.82, 2.24) is 0 Å². The Morgan fingerprint density at radius 3 is 2.85 bits per heavy atom. The number of rotatable bonds is 6. The molecular weight excluding hydrogens is 186 g/mol. The molecule has 0 saturated heterocycles. The maximum Gasteiger partial charge on any atom is 0.333 e. The molecule has 0 rings (SSSR count). The van der Waals surface area contributed by atoms with Crippen molar-refractivity contribution in [2.75, 3.05) is 13.2 Å². The van der Waals surface area contributed by atoms with Crippen LogP contribution in [0.4, 0.5) is 0 Å². The van der Waals surface area contributed by atoms with Crippen molar-refractivity contribution in [1.29, 1.82) is 0 Å². The van der Waals surface area contributed by atoms with E-state index in [1.807, 2.05) is 0 Å². The van der Waals surface area contributed by atoms with Crippen molar-refractivity contribution in [3.63, 3.8) is 0 Å². The number of aliphatic imine (C=N–C) groups is 1. The third-order valence-corrected chi connectivity index (χ3v) is 1.44. The highest BCUT2D eigenvalue weighted by Crippen LogP contribution is 1.95. The summed E-state index contributed by atoms with van der Waals surface area (Å²) in [6.45, 7) is 6.15. The predicted octanol–water partition coefficient (Wildman–Crippen LogP) is 1.99. The number of hydrogen-bond donors (Lipinski definition) is 0. The molecule has 0 aliphatic heterocycles. The average Bonchev–Trinajstić information content (AvgIpc) is 2.10. The van der Waals surface area contributed by atoms with Crippen LogP contribution >= 0.6 is 12.2 Å². The van der Waals surface area contributed by atoms with Crippen molar-refractivity contribution in [2.45, 2.75) is 19.8 Å². The fourth-order valence-corrected chi connectivity index (χ4v) is 0.718. The molecule has 0 atom stereocenters. The van der Waals surface area contributed by atoms with E-state index in [9.17, 15) is 4.79 Å². The molecule has 72 valence electrons. The smallest absolute Gasteiger partial charge is 0.333 e. The molecule has 13 heavy (non-hydrogen) atoms. The minimum Gasteiger partial charge on any atom is -0.462 e. The summed E-state index contributed by atoms with van der Waals surface area (Å²) < 4.78 is 4.86. The normalized spacial score (nSPS) is 8.69. The average molecular weight is 199 g/mol. The number of carbonyl (C=O) groups is 1. The van der Waals surface area contributed by atoms with E-state index in [0.717, 1.165) is 12.8 Å². The van der Waals surface area contributed by atoms with Crippen LogP contribution in [0, 0.1) is 0 Å². The highest BCUT2D eigenvalue weighted by molar-refractivity contribution is 7.78. The van der Waals surface area contributed by atoms with E-state index in [2.05, 4.69) is 29.0 Å². The van der Waals surface area contributed by atoms with E-state index < -0.39 is 0 Å². The molecule has 0 aliphatic carbocycles. The second-order valence-corrected chi connectivity index (χ2v) is 2.78. The molecule has 0 N–H and O–H groups in total. The molecule has 0 heterocycles. The first-order valence-corrected chi connectivity index (χ1v) is 4.45. The van der Waals surface area contributed by atoms with Crippen LogP contribution in [0.15, 0.2) is 17.1 Å². The SMILES string of the molecule is C=C(C)C(=O)OCCCCN=C=S. The number of thiocarbonyl (C=S) groups is 1. The minimum atomic E-state index is -0.335. The predicted molar refractivity (Wildman–Crippen MR) is 54.9 cm³/mol. The summed E-state index contributed by atoms with van der Waals surface area (Å²) in [7, 11) is 0. The molecule has 4 heteroatoms. The van der Waals surface area contributed by atoms with Crippen molar-refractivity contribution >= 4 is 23.3 Å². The largest absolute Gasteiger partial charge is 0.462 e. The standard InChI is InChI=1S/C9H13NO2S/c1-8(2)9(11)12-6-4-3-5-10-7-13/h1,3-6H2,2H3. The van der Waals surface area contributed by atoms with Crippen LogP contribution in [0.5, 0.6) is 0 Å². The quantitative estimate of drug-likeness (QED) is 0.216. The summed E-state index contributed by atoms with van der Waals surface area (Å²) in [4.78, 5) is 14.6. The fourth-order valence-electron chi connectivity index (χ4n) is 0.627. The number of isothiocyanates is 1. The van der Waals surface area contributed by atoms with Crippen LogP contribution in [0.1, 0.15) is 19.8 Å². The van der Waals surface area contributed by atoms with Gasteiger partial charge in [-0.25, -0.2) is 9.79 Å². The van der Waals surface area contributed by atoms with Gasteiger partial charge in [-0.1, -0.05) is 6.58 Å². The van der Waals surface area contributed by atoms with E-state index in [-0.39, 0.29) is 5.97 Å². The third-order valence-electron chi connectivity index (χ3n) is 1.31. The Hall–Kier alpha value is -0.990. The van der Waals surface area contributed by atoms with Crippen LogP contribution < -0.4 is 0 Å². The first kappa shape index (κ1) is 12.0. The highest BCUT2D eigenvalue weighted by Gasteiger charge is 2.01. The van der Waals surface area contributed by atoms with Crippen LogP contribution in [0.3, 0.4) is 0 Å². The van der Waals surface area contributed by atoms with Gasteiger partial charge >= 0.3 is 5.97 Å². The molecule has 0 fully saturated rings. The van der Waals surface area contributed by atoms with Gasteiger partial charge < -0.3 is 4.74 Å². The maximum absolute atomic E-state index is 10.9. The summed E-state index contributed by atoms with van der Waals surface area (Å²) in [5, 5.41) is 2.27. The molecule has 0 aliphatic rings. The van der Waals surface area contributed by atoms with Gasteiger partial charge in [0, 0.05) is 12.1 Å². The number of esters is 1. The molecule has 0 saturated carbocycles. The molecule has 0 aromatic heterocycles. The lowest BCUT2D eigenvalue weighted by Gasteiger charge is -2.02. The lowest BCUT2D eigenvalue weighted by Crippen LogP contribution is -2.06. The molecule has 0 aromatic rings. The lowest BCUT2D eigenvalue weighted by atomic mass is 10.3. The first-order chi connectivity index (χ1) is 6.18. The van der Waals surface area contributed by atoms with Crippen LogP contribution in [-0.4, -0.2) is 24.3 Å². The summed E-state index contributed by atoms with van der Waals surface area (Å²) >= 11 is 4.39. The molecule has 0 amide bonds. The number of carbonyl (C=O) groups excluding carboxylic acids is 1. The topological polar surface area (TPSA) is 38.7 Å². The van der Waals surface area contributed by atoms with E-state index in [1.165, 1.54) is 0 Å². The van der Waals surface area contributed by atoms with Crippen LogP contribution in [-0.2, 0) is 9.53 Å². The number of ether oxygens (including phenoxy) is 1. The van der Waals surface area contributed by atoms with Gasteiger partial charge in [0.2, 0.25) is 0 Å². The Kier molecular flexibility index (Phi) is 7.07. The molecular formula is C9H13NO2S. The van der Waals surface area contributed by atoms with Gasteiger partial charge in [-0.2, -0.15) is 0 Å². The third kappa shape index (κ3) is 7.37. The van der Waals surface area contributed by atoms with Gasteiger partial charge in [-0.05, 0) is 32.0 Å². The number of nitrogens with zero attached hydrogens (tertiary/aromatic N) is 1. The summed E-state index contributed by atoms with van der Waals surface area (Å²) in [6, 6.07) is 0. The fraction of sp³-hybridized carbons (Fsp3) is 0.556. The monoisotopic (exact) mass is 199 g/mol. The second kappa shape index (κ2) is 7.65. The highest BCUT2D eigenvalue weighted by atomic mass is 32.1. The van der Waals surface area contributed by atoms with Crippen LogP contribution in [0.2, 0.25) is 0 Å². The Morgan fingerprint density at radius 2 is 2.31 bits per heavy atom.